The van der Waals surface area contributed by atoms with E-state index in [1.54, 1.807) is 0 Å². The molecule has 4 aromatic rings. The molecule has 0 radical (unpaired) electrons. The van der Waals surface area contributed by atoms with Gasteiger partial charge in [0.25, 0.3) is 23.6 Å². The van der Waals surface area contributed by atoms with Crippen molar-refractivity contribution in [3.63, 3.8) is 0 Å². The van der Waals surface area contributed by atoms with Crippen LogP contribution in [0.15, 0.2) is 72.8 Å². The van der Waals surface area contributed by atoms with Crippen LogP contribution >= 0.6 is 0 Å². The third-order valence-electron chi connectivity index (χ3n) is 7.02. The van der Waals surface area contributed by atoms with E-state index in [4.69, 9.17) is 0 Å². The lowest BCUT2D eigenvalue weighted by Gasteiger charge is -2.16. The molecule has 2 aliphatic heterocycles. The van der Waals surface area contributed by atoms with Crippen molar-refractivity contribution < 1.29 is 49.2 Å². The fourth-order valence-corrected chi connectivity index (χ4v) is 4.96. The Morgan fingerprint density at radius 2 is 0.857 bits per heavy atom. The largest absolute Gasteiger partial charge is 0.545 e. The molecule has 2 heterocycles. The Morgan fingerprint density at radius 3 is 1.21 bits per heavy atom. The summed E-state index contributed by atoms with van der Waals surface area (Å²) in [4.78, 5) is 76.7. The molecule has 0 aromatic heterocycles. The van der Waals surface area contributed by atoms with Crippen molar-refractivity contribution >= 4 is 46.9 Å². The normalized spacial score (nSPS) is 13.9. The summed E-state index contributed by atoms with van der Waals surface area (Å²) in [7, 11) is 0. The highest BCUT2D eigenvalue weighted by molar-refractivity contribution is 6.36. The molecule has 2 N–H and O–H groups in total. The molecule has 0 fully saturated rings. The molecule has 0 atom stereocenters. The molecule has 0 spiro atoms. The fraction of sp³-hybridized carbons (Fsp3) is 0. The predicted molar refractivity (Wildman–Crippen MR) is 139 cm³/mol. The average molecular weight is 562 g/mol. The summed E-state index contributed by atoms with van der Waals surface area (Å²) in [6, 6.07) is 15.1. The number of nitrogens with zero attached hydrogens (tertiary/aromatic N) is 2. The van der Waals surface area contributed by atoms with Gasteiger partial charge >= 0.3 is 0 Å². The number of aromatic hydroxyl groups is 2. The van der Waals surface area contributed by atoms with Gasteiger partial charge in [-0.2, -0.15) is 0 Å². The van der Waals surface area contributed by atoms with Gasteiger partial charge in [0.1, 0.15) is 11.5 Å². The van der Waals surface area contributed by atoms with Crippen LogP contribution in [-0.4, -0.2) is 45.8 Å². The Kier molecular flexibility index (Phi) is 5.64. The molecular weight excluding hydrogens is 548 g/mol. The standard InChI is InChI=1S/C30H16N2O10/c33-23-7-3-15(11-21(23)29(39)40)31-25(35)17-5-1-13(9-19(17)27(31)37)14-2-6-18-20(10-14)28(38)32(26(18)36)16-4-8-24(34)22(12-16)30(41)42/h1-12,33-34H,(H,39,40)(H,41,42)/p-2. The zero-order chi connectivity index (χ0) is 30.0. The van der Waals surface area contributed by atoms with Crippen molar-refractivity contribution in [2.45, 2.75) is 0 Å². The monoisotopic (exact) mass is 562 g/mol. The molecule has 12 heteroatoms. The molecule has 2 aliphatic rings. The van der Waals surface area contributed by atoms with Crippen LogP contribution in [0.4, 0.5) is 11.4 Å². The van der Waals surface area contributed by atoms with Gasteiger partial charge in [0.05, 0.1) is 45.6 Å². The number of aromatic carboxylic acids is 2. The molecule has 6 rings (SSSR count). The number of carbonyl (C=O) groups is 6. The lowest BCUT2D eigenvalue weighted by Crippen LogP contribution is -2.30. The number of rotatable bonds is 5. The number of benzene rings is 4. The molecule has 42 heavy (non-hydrogen) atoms. The van der Waals surface area contributed by atoms with Crippen LogP contribution in [0, 0.1) is 0 Å². The van der Waals surface area contributed by atoms with Gasteiger partial charge in [0.2, 0.25) is 0 Å². The van der Waals surface area contributed by atoms with Crippen LogP contribution in [0.5, 0.6) is 11.5 Å². The Bertz CT molecular complexity index is 1820. The highest BCUT2D eigenvalue weighted by Crippen LogP contribution is 2.36. The van der Waals surface area contributed by atoms with Gasteiger partial charge in [-0.15, -0.1) is 0 Å². The first kappa shape index (κ1) is 26.0. The molecule has 0 aliphatic carbocycles. The van der Waals surface area contributed by atoms with E-state index >= 15 is 0 Å². The SMILES string of the molecule is O=C([O-])c1cc(N2C(=O)c3ccc(-c4ccc5c(c4)C(=O)N(c4ccc(O)c(C(=O)[O-])c4)C5=O)cc3C2=O)ccc1O. The highest BCUT2D eigenvalue weighted by Gasteiger charge is 2.39. The van der Waals surface area contributed by atoms with Crippen LogP contribution in [0.2, 0.25) is 0 Å². The number of amides is 4. The number of carbonyl (C=O) groups excluding carboxylic acids is 6. The van der Waals surface area contributed by atoms with Crippen LogP contribution in [0.3, 0.4) is 0 Å². The van der Waals surface area contributed by atoms with Gasteiger partial charge in [-0.3, -0.25) is 19.2 Å². The summed E-state index contributed by atoms with van der Waals surface area (Å²) in [5.41, 5.74) is -0.434. The van der Waals surface area contributed by atoms with E-state index in [1.165, 1.54) is 48.5 Å². The molecular formula is C30H14N2O10-2. The van der Waals surface area contributed by atoms with Gasteiger partial charge in [-0.25, -0.2) is 9.80 Å². The van der Waals surface area contributed by atoms with E-state index in [0.29, 0.717) is 11.1 Å². The molecule has 0 saturated carbocycles. The molecule has 0 saturated heterocycles. The Balaban J connectivity index is 1.34. The molecule has 206 valence electrons. The summed E-state index contributed by atoms with van der Waals surface area (Å²) in [5, 5.41) is 42.1. The van der Waals surface area contributed by atoms with Crippen LogP contribution in [0.1, 0.15) is 62.1 Å². The number of carboxylic acids is 2. The summed E-state index contributed by atoms with van der Waals surface area (Å²) in [5.74, 6) is -7.50. The second-order valence-electron chi connectivity index (χ2n) is 9.39. The van der Waals surface area contributed by atoms with Crippen molar-refractivity contribution in [2.75, 3.05) is 9.80 Å². The fourth-order valence-electron chi connectivity index (χ4n) is 4.96. The first-order chi connectivity index (χ1) is 20.0. The topological polar surface area (TPSA) is 195 Å². The molecule has 0 unspecified atom stereocenters. The number of hydrogen-bond acceptors (Lipinski definition) is 10. The van der Waals surface area contributed by atoms with Gasteiger partial charge in [0, 0.05) is 11.1 Å². The van der Waals surface area contributed by atoms with E-state index in [9.17, 15) is 49.2 Å². The third kappa shape index (κ3) is 3.78. The van der Waals surface area contributed by atoms with E-state index in [1.807, 2.05) is 0 Å². The van der Waals surface area contributed by atoms with Crippen molar-refractivity contribution in [3.8, 4) is 22.6 Å². The smallest absolute Gasteiger partial charge is 0.266 e. The minimum atomic E-state index is -1.69. The predicted octanol–water partition coefficient (Wildman–Crippen LogP) is 1.09. The maximum atomic E-state index is 13.2. The highest BCUT2D eigenvalue weighted by atomic mass is 16.4. The Morgan fingerprint density at radius 1 is 0.500 bits per heavy atom. The van der Waals surface area contributed by atoms with E-state index in [-0.39, 0.29) is 33.6 Å². The Labute approximate surface area is 234 Å². The summed E-state index contributed by atoms with van der Waals surface area (Å²) >= 11 is 0. The average Bonchev–Trinajstić information content (AvgIpc) is 3.36. The van der Waals surface area contributed by atoms with Gasteiger partial charge < -0.3 is 30.0 Å². The second kappa shape index (κ2) is 9.13. The van der Waals surface area contributed by atoms with E-state index in [0.717, 1.165) is 34.1 Å². The molecule has 0 bridgehead atoms. The van der Waals surface area contributed by atoms with E-state index < -0.39 is 58.2 Å². The number of anilines is 2. The zero-order valence-corrected chi connectivity index (χ0v) is 21.0. The molecule has 12 nitrogen and oxygen atoms in total. The quantitative estimate of drug-likeness (QED) is 0.332. The van der Waals surface area contributed by atoms with Gasteiger partial charge in [0.15, 0.2) is 0 Å². The number of phenols is 2. The first-order valence-corrected chi connectivity index (χ1v) is 12.1. The number of carboxylic acid groups (broad SMARTS) is 2. The maximum Gasteiger partial charge on any atom is 0.266 e. The molecule has 4 aromatic carbocycles. The lowest BCUT2D eigenvalue weighted by atomic mass is 9.97. The number of fused-ring (bicyclic) bond motifs is 2. The minimum Gasteiger partial charge on any atom is -0.545 e. The first-order valence-electron chi connectivity index (χ1n) is 12.1. The summed E-state index contributed by atoms with van der Waals surface area (Å²) in [6.45, 7) is 0. The van der Waals surface area contributed by atoms with Crippen molar-refractivity contribution in [3.05, 3.63) is 106 Å². The van der Waals surface area contributed by atoms with Crippen molar-refractivity contribution in [1.29, 1.82) is 0 Å². The number of hydrogen-bond donors (Lipinski definition) is 2. The third-order valence-corrected chi connectivity index (χ3v) is 7.02. The maximum absolute atomic E-state index is 13.2. The second-order valence-corrected chi connectivity index (χ2v) is 9.39. The van der Waals surface area contributed by atoms with E-state index in [2.05, 4.69) is 0 Å². The van der Waals surface area contributed by atoms with Gasteiger partial charge in [-0.05, 0) is 71.8 Å². The van der Waals surface area contributed by atoms with Crippen molar-refractivity contribution in [1.82, 2.24) is 0 Å². The van der Waals surface area contributed by atoms with Crippen molar-refractivity contribution in [2.24, 2.45) is 0 Å². The summed E-state index contributed by atoms with van der Waals surface area (Å²) in [6.07, 6.45) is 0. The van der Waals surface area contributed by atoms with Gasteiger partial charge in [-0.1, -0.05) is 12.1 Å². The Hall–Kier alpha value is -6.30. The number of imide groups is 2. The minimum absolute atomic E-state index is 0.00371. The zero-order valence-electron chi connectivity index (χ0n) is 21.0. The summed E-state index contributed by atoms with van der Waals surface area (Å²) < 4.78 is 0. The van der Waals surface area contributed by atoms with Crippen LogP contribution < -0.4 is 20.0 Å². The lowest BCUT2D eigenvalue weighted by molar-refractivity contribution is -0.256. The van der Waals surface area contributed by atoms with Crippen LogP contribution in [0.25, 0.3) is 11.1 Å². The van der Waals surface area contributed by atoms with Crippen LogP contribution in [-0.2, 0) is 0 Å². The molecule has 4 amide bonds.